The smallest absolute Gasteiger partial charge is 0.250 e. The van der Waals surface area contributed by atoms with Gasteiger partial charge in [0.1, 0.15) is 42.7 Å². The van der Waals surface area contributed by atoms with E-state index in [2.05, 4.69) is 143 Å². The molecule has 7 N–H and O–H groups in total. The number of fused-ring (bicyclic) bond motifs is 4. The summed E-state index contributed by atoms with van der Waals surface area (Å²) in [6.07, 6.45) is 18.4. The summed E-state index contributed by atoms with van der Waals surface area (Å²) < 4.78 is 10.4. The molecule has 3 amide bonds. The molecule has 31 heteroatoms. The normalized spacial score (nSPS) is 16.9. The number of carbonyl (C=O) groups excluding carboxylic acids is 3. The minimum Gasteiger partial charge on any atom is -0.391 e. The standard InChI is InChI=1S/C25H25N5S.C24H22BrN5O2S.C24H23N5O2S.C18H19N5O2S/c1-18(29-14-12-20(13-15-29)19-8-4-2-5-9-19)23(21-10-6-3-7-11-21)30-17-26-24-22(25(30)31)16-27-28-24;25-18-8-6-17(7-9-18)24(32)10-12-29(13-11-24)22(31)20(16-4-2-1-3-5-16)30-15-26-21-19(23(30)33)14-27-28-21;30-22(28-13-11-24(31,12-14-28)18-9-5-2-6-10-18)20(17-7-3-1-4-8-17)29-16-25-21-19(23(29)32)15-26-27-21;24-13-7-4-8-22(10-13)17(25)15(12-5-2-1-3-6-12)23-11-19-16-14(18(23)26)9-20-21-16/h2-11,16-17,20,23H,1,12-15H2,(H,27,28);1-9,14-15,20,32H,10-13H2,(H,27,28);1-10,15-16,20,31H,11-14H2,(H,26,27);1-3,5-6,9,11,13,15,24H,4,7-8,10H2,(H,20,21). The highest BCUT2D eigenvalue weighted by atomic mass is 79.9. The van der Waals surface area contributed by atoms with Gasteiger partial charge in [-0.25, -0.2) is 19.9 Å². The number of benzene rings is 7. The van der Waals surface area contributed by atoms with E-state index in [9.17, 15) is 29.7 Å². The Bertz CT molecular complexity index is 6410. The monoisotopic (exact) mass is 1760 g/mol. The third-order valence-electron chi connectivity index (χ3n) is 23.6. The average Bonchev–Trinajstić information content (AvgIpc) is 1.36. The number of β-amino-alcohol motifs (C(OH)–C–C–N with tert-alkyl or cyclic N) is 1. The zero-order chi connectivity index (χ0) is 84.4. The van der Waals surface area contributed by atoms with Crippen molar-refractivity contribution >= 4 is 127 Å². The lowest BCUT2D eigenvalue weighted by molar-refractivity contribution is -0.139. The van der Waals surface area contributed by atoms with Gasteiger partial charge in [0.15, 0.2) is 22.6 Å². The Morgan fingerprint density at radius 3 is 1.06 bits per heavy atom. The van der Waals surface area contributed by atoms with Gasteiger partial charge >= 0.3 is 0 Å². The molecule has 4 fully saturated rings. The maximum atomic E-state index is 13.8. The van der Waals surface area contributed by atoms with Crippen LogP contribution in [0.15, 0.2) is 273 Å². The number of piperidine rings is 4. The zero-order valence-corrected chi connectivity index (χ0v) is 71.3. The van der Waals surface area contributed by atoms with Crippen molar-refractivity contribution in [3.8, 4) is 0 Å². The number of allylic oxidation sites excluding steroid dienone is 1. The van der Waals surface area contributed by atoms with Crippen LogP contribution in [0.3, 0.4) is 0 Å². The van der Waals surface area contributed by atoms with Crippen molar-refractivity contribution in [3.63, 3.8) is 0 Å². The second-order valence-corrected chi connectivity index (χ2v) is 33.4. The summed E-state index contributed by atoms with van der Waals surface area (Å²) in [4.78, 5) is 66.5. The SMILES string of the molecule is C=C(C(c1ccccc1)n1cnc2[nH]ncc2c1=S)N1CCC(c2ccccc2)CC1.O=C(C(c1ccccc1)n1cnc2[nH]ncc2c1=S)N1CCC(O)(c2ccc(Br)cc2)CC1.O=C(C(c1ccccc1)n1cnc2[nH]ncc2c1=S)N1CCC(O)(c2ccccc2)CC1.O=C(C(c1ccccc1)n1cnc2[nH]ncc2c1=S)N1CCCC(O)C1. The highest BCUT2D eigenvalue weighted by Crippen LogP contribution is 2.40. The fourth-order valence-corrected chi connectivity index (χ4v) is 18.3. The number of aromatic amines is 4. The molecule has 4 aliphatic heterocycles. The van der Waals surface area contributed by atoms with Crippen LogP contribution in [0, 0.1) is 18.6 Å². The van der Waals surface area contributed by atoms with Crippen molar-refractivity contribution in [2.75, 3.05) is 52.4 Å². The van der Waals surface area contributed by atoms with Crippen LogP contribution in [0.1, 0.15) is 120 Å². The number of rotatable bonds is 16. The first-order chi connectivity index (χ1) is 59.4. The van der Waals surface area contributed by atoms with Gasteiger partial charge in [-0.1, -0.05) is 266 Å². The molecule has 15 aromatic rings. The van der Waals surface area contributed by atoms with Crippen molar-refractivity contribution in [2.24, 2.45) is 0 Å². The molecule has 5 unspecified atom stereocenters. The summed E-state index contributed by atoms with van der Waals surface area (Å²) in [5.74, 6) is 0.383. The second-order valence-electron chi connectivity index (χ2n) is 30.9. The van der Waals surface area contributed by atoms with E-state index in [4.69, 9.17) is 48.9 Å². The Labute approximate surface area is 731 Å². The van der Waals surface area contributed by atoms with Gasteiger partial charge in [-0.3, -0.25) is 34.8 Å². The van der Waals surface area contributed by atoms with Gasteiger partial charge in [-0.2, -0.15) is 20.4 Å². The van der Waals surface area contributed by atoms with Crippen molar-refractivity contribution in [3.05, 3.63) is 331 Å². The fourth-order valence-electron chi connectivity index (χ4n) is 16.8. The molecule has 19 rings (SSSR count). The van der Waals surface area contributed by atoms with Crippen LogP contribution >= 0.6 is 64.8 Å². The summed E-state index contributed by atoms with van der Waals surface area (Å²) in [6, 6.07) is 65.3. The van der Waals surface area contributed by atoms with Gasteiger partial charge in [0, 0.05) is 62.5 Å². The maximum Gasteiger partial charge on any atom is 0.250 e. The quantitative estimate of drug-likeness (QED) is 0.0442. The molecule has 4 saturated heterocycles. The van der Waals surface area contributed by atoms with Crippen LogP contribution in [0.5, 0.6) is 0 Å². The Hall–Kier alpha value is -12.1. The first kappa shape index (κ1) is 83.6. The summed E-state index contributed by atoms with van der Waals surface area (Å²) in [6.45, 7) is 9.30. The molecule has 12 heterocycles. The molecule has 7 aromatic carbocycles. The largest absolute Gasteiger partial charge is 0.391 e. The van der Waals surface area contributed by atoms with Crippen LogP contribution in [0.4, 0.5) is 0 Å². The molecule has 620 valence electrons. The first-order valence-corrected chi connectivity index (χ1v) is 42.9. The number of halogens is 1. The van der Waals surface area contributed by atoms with Gasteiger partial charge in [-0.15, -0.1) is 0 Å². The summed E-state index contributed by atoms with van der Waals surface area (Å²) >= 11 is 26.3. The van der Waals surface area contributed by atoms with E-state index in [-0.39, 0.29) is 23.8 Å². The number of amides is 3. The number of H-pyrrole nitrogens is 4. The topological polar surface area (TPSA) is 311 Å². The van der Waals surface area contributed by atoms with E-state index in [0.29, 0.717) is 128 Å². The molecule has 0 spiro atoms. The third-order valence-corrected chi connectivity index (χ3v) is 25.8. The number of likely N-dealkylation sites (tertiary alicyclic amines) is 4. The average molecular weight is 1770 g/mol. The summed E-state index contributed by atoms with van der Waals surface area (Å²) in [7, 11) is 0. The van der Waals surface area contributed by atoms with Gasteiger partial charge < -0.3 is 53.2 Å². The van der Waals surface area contributed by atoms with Crippen LogP contribution in [0.25, 0.3) is 44.1 Å². The van der Waals surface area contributed by atoms with Crippen molar-refractivity contribution in [1.82, 2.24) is 98.6 Å². The number of aromatic nitrogens is 16. The zero-order valence-electron chi connectivity index (χ0n) is 66.5. The van der Waals surface area contributed by atoms with Crippen LogP contribution in [-0.2, 0) is 25.6 Å². The van der Waals surface area contributed by atoms with Crippen molar-refractivity contribution in [2.45, 2.75) is 98.8 Å². The Balaban J connectivity index is 0.000000121. The first-order valence-electron chi connectivity index (χ1n) is 40.5. The minimum atomic E-state index is -0.951. The van der Waals surface area contributed by atoms with E-state index in [1.165, 1.54) is 5.56 Å². The van der Waals surface area contributed by atoms with Crippen LogP contribution in [0.2, 0.25) is 0 Å². The predicted octanol–water partition coefficient (Wildman–Crippen LogP) is 15.5. The Kier molecular flexibility index (Phi) is 25.7. The molecule has 26 nitrogen and oxygen atoms in total. The molecule has 122 heavy (non-hydrogen) atoms. The lowest BCUT2D eigenvalue weighted by Crippen LogP contribution is -2.47. The number of hydrogen-bond donors (Lipinski definition) is 7. The van der Waals surface area contributed by atoms with Gasteiger partial charge in [0.2, 0.25) is 17.7 Å². The van der Waals surface area contributed by atoms with E-state index >= 15 is 0 Å². The molecule has 4 aliphatic rings. The Morgan fingerprint density at radius 2 is 0.705 bits per heavy atom. The fraction of sp³-hybridized carbons (Fsp3) is 0.264. The van der Waals surface area contributed by atoms with Gasteiger partial charge in [0.05, 0.1) is 88.9 Å². The molecule has 8 aromatic heterocycles. The lowest BCUT2D eigenvalue weighted by Gasteiger charge is -2.40. The Morgan fingerprint density at radius 1 is 0.393 bits per heavy atom. The lowest BCUT2D eigenvalue weighted by atomic mass is 9.84. The molecule has 0 saturated carbocycles. The van der Waals surface area contributed by atoms with Crippen molar-refractivity contribution in [1.29, 1.82) is 0 Å². The van der Waals surface area contributed by atoms with E-state index in [0.717, 1.165) is 87.7 Å². The maximum absolute atomic E-state index is 13.8. The van der Waals surface area contributed by atoms with Crippen molar-refractivity contribution < 1.29 is 29.7 Å². The van der Waals surface area contributed by atoms with E-state index in [1.54, 1.807) is 62.4 Å². The highest BCUT2D eigenvalue weighted by molar-refractivity contribution is 9.10. The number of aliphatic hydroxyl groups is 3. The minimum absolute atomic E-state index is 0.0629. The molecular formula is C91H89BrN20O6S4. The van der Waals surface area contributed by atoms with Crippen LogP contribution in [-0.4, -0.2) is 190 Å². The predicted molar refractivity (Wildman–Crippen MR) is 480 cm³/mol. The second kappa shape index (κ2) is 37.5. The van der Waals surface area contributed by atoms with Crippen LogP contribution < -0.4 is 0 Å². The number of hydrogen-bond acceptors (Lipinski definition) is 19. The molecular weight excluding hydrogens is 1680 g/mol. The molecule has 0 bridgehead atoms. The molecule has 0 aliphatic carbocycles. The number of carbonyl (C=O) groups is 3. The van der Waals surface area contributed by atoms with Gasteiger partial charge in [-0.05, 0) is 108 Å². The van der Waals surface area contributed by atoms with E-state index < -0.39 is 35.4 Å². The third kappa shape index (κ3) is 18.0. The number of aliphatic hydroxyl groups excluding tert-OH is 1. The molecule has 5 atom stereocenters. The summed E-state index contributed by atoms with van der Waals surface area (Å²) in [5, 5.41) is 62.8. The van der Waals surface area contributed by atoms with Gasteiger partial charge in [0.25, 0.3) is 0 Å². The van der Waals surface area contributed by atoms with E-state index in [1.807, 2.05) is 172 Å². The summed E-state index contributed by atoms with van der Waals surface area (Å²) in [5.41, 5.74) is 8.52. The number of nitrogens with zero attached hydrogens (tertiary/aromatic N) is 16. The molecule has 0 radical (unpaired) electrons. The number of nitrogens with one attached hydrogen (secondary N) is 4. The highest BCUT2D eigenvalue weighted by Gasteiger charge is 2.41.